The summed E-state index contributed by atoms with van der Waals surface area (Å²) in [6, 6.07) is -0.170. The van der Waals surface area contributed by atoms with Crippen molar-refractivity contribution in [1.29, 1.82) is 0 Å². The van der Waals surface area contributed by atoms with E-state index in [1.807, 2.05) is 11.8 Å². The predicted octanol–water partition coefficient (Wildman–Crippen LogP) is 0.503. The maximum Gasteiger partial charge on any atom is 0.239 e. The zero-order valence-electron chi connectivity index (χ0n) is 11.5. The van der Waals surface area contributed by atoms with Crippen molar-refractivity contribution in [3.63, 3.8) is 0 Å². The summed E-state index contributed by atoms with van der Waals surface area (Å²) in [7, 11) is 0. The van der Waals surface area contributed by atoms with Gasteiger partial charge in [0.1, 0.15) is 0 Å². The monoisotopic (exact) mass is 255 g/mol. The molecule has 2 amide bonds. The fourth-order valence-electron chi connectivity index (χ4n) is 2.18. The summed E-state index contributed by atoms with van der Waals surface area (Å²) in [5.41, 5.74) is 0. The molecule has 1 fully saturated rings. The van der Waals surface area contributed by atoms with E-state index in [1.54, 1.807) is 0 Å². The van der Waals surface area contributed by atoms with Crippen LogP contribution in [0.4, 0.5) is 0 Å². The number of rotatable bonds is 5. The molecular weight excluding hydrogens is 230 g/mol. The van der Waals surface area contributed by atoms with Gasteiger partial charge in [0, 0.05) is 33.1 Å². The molecule has 0 aromatic heterocycles. The van der Waals surface area contributed by atoms with Gasteiger partial charge in [0.25, 0.3) is 0 Å². The lowest BCUT2D eigenvalue weighted by Crippen LogP contribution is -2.47. The lowest BCUT2D eigenvalue weighted by molar-refractivity contribution is -0.132. The summed E-state index contributed by atoms with van der Waals surface area (Å²) in [5.74, 6) is 0.142. The molecule has 1 heterocycles. The summed E-state index contributed by atoms with van der Waals surface area (Å²) in [6.07, 6.45) is 4.69. The third kappa shape index (κ3) is 5.49. The van der Waals surface area contributed by atoms with Crippen LogP contribution in [0.3, 0.4) is 0 Å². The molecule has 104 valence electrons. The summed E-state index contributed by atoms with van der Waals surface area (Å²) in [4.78, 5) is 24.8. The molecule has 1 atom stereocenters. The van der Waals surface area contributed by atoms with Crippen molar-refractivity contribution in [2.24, 2.45) is 0 Å². The molecule has 0 aliphatic carbocycles. The van der Waals surface area contributed by atoms with E-state index >= 15 is 0 Å². The SMILES string of the molecule is CC(=O)NCCNC(C)C(=O)N1CCCCCC1. The maximum atomic E-state index is 12.2. The fourth-order valence-corrected chi connectivity index (χ4v) is 2.18. The van der Waals surface area contributed by atoms with Crippen LogP contribution in [-0.4, -0.2) is 48.9 Å². The first kappa shape index (κ1) is 15.0. The topological polar surface area (TPSA) is 61.4 Å². The van der Waals surface area contributed by atoms with Gasteiger partial charge < -0.3 is 15.5 Å². The molecule has 0 spiro atoms. The number of amides is 2. The number of likely N-dealkylation sites (tertiary alicyclic amines) is 1. The van der Waals surface area contributed by atoms with Crippen molar-refractivity contribution in [3.8, 4) is 0 Å². The lowest BCUT2D eigenvalue weighted by atomic mass is 10.2. The molecule has 0 aromatic carbocycles. The van der Waals surface area contributed by atoms with Crippen molar-refractivity contribution in [3.05, 3.63) is 0 Å². The van der Waals surface area contributed by atoms with Gasteiger partial charge in [0.05, 0.1) is 6.04 Å². The Balaban J connectivity index is 2.24. The Kier molecular flexibility index (Phi) is 6.72. The fraction of sp³-hybridized carbons (Fsp3) is 0.846. The summed E-state index contributed by atoms with van der Waals surface area (Å²) >= 11 is 0. The number of carbonyl (C=O) groups excluding carboxylic acids is 2. The van der Waals surface area contributed by atoms with Gasteiger partial charge in [-0.15, -0.1) is 0 Å². The molecule has 1 rings (SSSR count). The highest BCUT2D eigenvalue weighted by atomic mass is 16.2. The van der Waals surface area contributed by atoms with Gasteiger partial charge in [-0.1, -0.05) is 12.8 Å². The molecular formula is C13H25N3O2. The van der Waals surface area contributed by atoms with E-state index in [9.17, 15) is 9.59 Å². The normalized spacial score (nSPS) is 18.0. The van der Waals surface area contributed by atoms with E-state index in [4.69, 9.17) is 0 Å². The molecule has 1 aliphatic rings. The van der Waals surface area contributed by atoms with E-state index in [-0.39, 0.29) is 17.9 Å². The van der Waals surface area contributed by atoms with Crippen molar-refractivity contribution < 1.29 is 9.59 Å². The average Bonchev–Trinajstić information content (AvgIpc) is 2.61. The molecule has 0 saturated carbocycles. The molecule has 1 saturated heterocycles. The second-order valence-corrected chi connectivity index (χ2v) is 4.90. The van der Waals surface area contributed by atoms with Gasteiger partial charge in [-0.2, -0.15) is 0 Å². The van der Waals surface area contributed by atoms with Crippen LogP contribution in [0.15, 0.2) is 0 Å². The van der Waals surface area contributed by atoms with Crippen LogP contribution in [-0.2, 0) is 9.59 Å². The van der Waals surface area contributed by atoms with Crippen LogP contribution in [0, 0.1) is 0 Å². The molecule has 1 unspecified atom stereocenters. The number of carbonyl (C=O) groups is 2. The number of nitrogens with zero attached hydrogens (tertiary/aromatic N) is 1. The van der Waals surface area contributed by atoms with Crippen LogP contribution >= 0.6 is 0 Å². The van der Waals surface area contributed by atoms with Crippen LogP contribution in [0.5, 0.6) is 0 Å². The van der Waals surface area contributed by atoms with Gasteiger partial charge >= 0.3 is 0 Å². The first-order valence-electron chi connectivity index (χ1n) is 6.88. The Morgan fingerprint density at radius 2 is 1.72 bits per heavy atom. The van der Waals surface area contributed by atoms with Crippen molar-refractivity contribution >= 4 is 11.8 Å². The van der Waals surface area contributed by atoms with Crippen LogP contribution in [0.1, 0.15) is 39.5 Å². The van der Waals surface area contributed by atoms with E-state index < -0.39 is 0 Å². The first-order valence-corrected chi connectivity index (χ1v) is 6.88. The van der Waals surface area contributed by atoms with Gasteiger partial charge in [0.15, 0.2) is 0 Å². The molecule has 0 bridgehead atoms. The van der Waals surface area contributed by atoms with E-state index in [0.717, 1.165) is 25.9 Å². The van der Waals surface area contributed by atoms with E-state index in [2.05, 4.69) is 10.6 Å². The second kappa shape index (κ2) is 8.08. The van der Waals surface area contributed by atoms with E-state index in [1.165, 1.54) is 19.8 Å². The minimum absolute atomic E-state index is 0.0386. The quantitative estimate of drug-likeness (QED) is 0.703. The average molecular weight is 255 g/mol. The molecule has 2 N–H and O–H groups in total. The third-order valence-electron chi connectivity index (χ3n) is 3.24. The molecule has 1 aliphatic heterocycles. The standard InChI is InChI=1S/C13H25N3O2/c1-11(14-7-8-15-12(2)17)13(18)16-9-5-3-4-6-10-16/h11,14H,3-10H2,1-2H3,(H,15,17). The Labute approximate surface area is 109 Å². The van der Waals surface area contributed by atoms with E-state index in [0.29, 0.717) is 13.1 Å². The van der Waals surface area contributed by atoms with Crippen molar-refractivity contribution in [2.45, 2.75) is 45.6 Å². The van der Waals surface area contributed by atoms with Crippen molar-refractivity contribution in [1.82, 2.24) is 15.5 Å². The maximum absolute atomic E-state index is 12.2. The Morgan fingerprint density at radius 1 is 1.11 bits per heavy atom. The highest BCUT2D eigenvalue weighted by molar-refractivity contribution is 5.81. The molecule has 5 nitrogen and oxygen atoms in total. The summed E-state index contributed by atoms with van der Waals surface area (Å²) in [5, 5.41) is 5.85. The molecule has 0 aromatic rings. The zero-order valence-corrected chi connectivity index (χ0v) is 11.5. The van der Waals surface area contributed by atoms with Crippen LogP contribution in [0.25, 0.3) is 0 Å². The highest BCUT2D eigenvalue weighted by Crippen LogP contribution is 2.10. The third-order valence-corrected chi connectivity index (χ3v) is 3.24. The smallest absolute Gasteiger partial charge is 0.239 e. The summed E-state index contributed by atoms with van der Waals surface area (Å²) in [6.45, 7) is 6.34. The van der Waals surface area contributed by atoms with Crippen LogP contribution < -0.4 is 10.6 Å². The predicted molar refractivity (Wildman–Crippen MR) is 71.2 cm³/mol. The van der Waals surface area contributed by atoms with Gasteiger partial charge in [-0.3, -0.25) is 9.59 Å². The minimum atomic E-state index is -0.170. The Bertz CT molecular complexity index is 273. The van der Waals surface area contributed by atoms with Crippen LogP contribution in [0.2, 0.25) is 0 Å². The van der Waals surface area contributed by atoms with Gasteiger partial charge in [0.2, 0.25) is 11.8 Å². The summed E-state index contributed by atoms with van der Waals surface area (Å²) < 4.78 is 0. The molecule has 0 radical (unpaired) electrons. The molecule has 5 heteroatoms. The number of nitrogens with one attached hydrogen (secondary N) is 2. The van der Waals surface area contributed by atoms with Gasteiger partial charge in [-0.05, 0) is 19.8 Å². The zero-order chi connectivity index (χ0) is 13.4. The lowest BCUT2D eigenvalue weighted by Gasteiger charge is -2.24. The Hall–Kier alpha value is -1.10. The Morgan fingerprint density at radius 3 is 2.28 bits per heavy atom. The van der Waals surface area contributed by atoms with Gasteiger partial charge in [-0.25, -0.2) is 0 Å². The number of hydrogen-bond donors (Lipinski definition) is 2. The largest absolute Gasteiger partial charge is 0.355 e. The number of hydrogen-bond acceptors (Lipinski definition) is 3. The second-order valence-electron chi connectivity index (χ2n) is 4.90. The van der Waals surface area contributed by atoms with Crippen molar-refractivity contribution in [2.75, 3.05) is 26.2 Å². The first-order chi connectivity index (χ1) is 8.61. The highest BCUT2D eigenvalue weighted by Gasteiger charge is 2.20. The minimum Gasteiger partial charge on any atom is -0.355 e. The molecule has 18 heavy (non-hydrogen) atoms.